The summed E-state index contributed by atoms with van der Waals surface area (Å²) in [6.45, 7) is 9.59. The van der Waals surface area contributed by atoms with Gasteiger partial charge in [0.15, 0.2) is 0 Å². The first-order valence-corrected chi connectivity index (χ1v) is 9.72. The van der Waals surface area contributed by atoms with Crippen LogP contribution in [0.5, 0.6) is 0 Å². The molecule has 0 bridgehead atoms. The van der Waals surface area contributed by atoms with Crippen LogP contribution in [-0.4, -0.2) is 23.9 Å². The molecule has 2 aromatic carbocycles. The van der Waals surface area contributed by atoms with Crippen LogP contribution >= 0.6 is 0 Å². The van der Waals surface area contributed by atoms with Crippen molar-refractivity contribution in [1.82, 2.24) is 10.2 Å². The van der Waals surface area contributed by atoms with Crippen molar-refractivity contribution >= 4 is 5.91 Å². The number of carbonyl (C=O) groups excluding carboxylic acids is 1. The summed E-state index contributed by atoms with van der Waals surface area (Å²) < 4.78 is 0. The fourth-order valence-corrected chi connectivity index (χ4v) is 3.72. The summed E-state index contributed by atoms with van der Waals surface area (Å²) in [4.78, 5) is 15.1. The second-order valence-corrected chi connectivity index (χ2v) is 7.59. The van der Waals surface area contributed by atoms with Crippen LogP contribution in [0.15, 0.2) is 42.5 Å². The quantitative estimate of drug-likeness (QED) is 0.841. The smallest absolute Gasteiger partial charge is 0.251 e. The molecule has 3 heteroatoms. The second-order valence-electron chi connectivity index (χ2n) is 7.59. The van der Waals surface area contributed by atoms with Crippen molar-refractivity contribution in [2.24, 2.45) is 0 Å². The maximum atomic E-state index is 12.6. The minimum absolute atomic E-state index is 0.00423. The van der Waals surface area contributed by atoms with E-state index in [-0.39, 0.29) is 11.9 Å². The van der Waals surface area contributed by atoms with Crippen LogP contribution in [0, 0.1) is 13.8 Å². The van der Waals surface area contributed by atoms with Gasteiger partial charge in [-0.15, -0.1) is 0 Å². The standard InChI is InChI=1S/C23H30N2O/c1-17-7-8-18(2)22(15-17)19(3)24-23(26)21-11-9-20(10-12-21)16-25-13-5-4-6-14-25/h7-12,15,19H,4-6,13-14,16H2,1-3H3,(H,24,26). The van der Waals surface area contributed by atoms with Gasteiger partial charge in [0.2, 0.25) is 0 Å². The van der Waals surface area contributed by atoms with E-state index in [0.717, 1.165) is 12.1 Å². The van der Waals surface area contributed by atoms with Crippen molar-refractivity contribution in [3.8, 4) is 0 Å². The van der Waals surface area contributed by atoms with Crippen molar-refractivity contribution in [3.63, 3.8) is 0 Å². The topological polar surface area (TPSA) is 32.3 Å². The molecular formula is C23H30N2O. The van der Waals surface area contributed by atoms with Gasteiger partial charge in [-0.1, -0.05) is 42.3 Å². The summed E-state index contributed by atoms with van der Waals surface area (Å²) in [5.41, 5.74) is 5.62. The minimum atomic E-state index is -0.0112. The maximum absolute atomic E-state index is 12.6. The van der Waals surface area contributed by atoms with Crippen molar-refractivity contribution in [2.45, 2.75) is 52.6 Å². The predicted octanol–water partition coefficient (Wildman–Crippen LogP) is 4.78. The SMILES string of the molecule is Cc1ccc(C)c(C(C)NC(=O)c2ccc(CN3CCCCC3)cc2)c1. The Labute approximate surface area is 157 Å². The second kappa shape index (κ2) is 8.50. The molecule has 1 aliphatic rings. The molecule has 0 aromatic heterocycles. The summed E-state index contributed by atoms with van der Waals surface area (Å²) in [6, 6.07) is 14.4. The molecule has 0 spiro atoms. The van der Waals surface area contributed by atoms with Crippen LogP contribution in [0.25, 0.3) is 0 Å². The van der Waals surface area contributed by atoms with E-state index in [9.17, 15) is 4.79 Å². The summed E-state index contributed by atoms with van der Waals surface area (Å²) in [6.07, 6.45) is 3.96. The summed E-state index contributed by atoms with van der Waals surface area (Å²) in [5.74, 6) is -0.0112. The molecule has 1 aliphatic heterocycles. The molecule has 138 valence electrons. The molecule has 26 heavy (non-hydrogen) atoms. The number of nitrogens with zero attached hydrogens (tertiary/aromatic N) is 1. The first-order valence-electron chi connectivity index (χ1n) is 9.72. The third-order valence-electron chi connectivity index (χ3n) is 5.32. The number of rotatable bonds is 5. The van der Waals surface area contributed by atoms with Crippen LogP contribution in [0.1, 0.15) is 64.8 Å². The van der Waals surface area contributed by atoms with E-state index in [0.29, 0.717) is 0 Å². The van der Waals surface area contributed by atoms with Crippen molar-refractivity contribution < 1.29 is 4.79 Å². The van der Waals surface area contributed by atoms with Gasteiger partial charge in [-0.05, 0) is 75.5 Å². The Morgan fingerprint density at radius 1 is 1.04 bits per heavy atom. The van der Waals surface area contributed by atoms with Gasteiger partial charge in [0.05, 0.1) is 6.04 Å². The van der Waals surface area contributed by atoms with Crippen LogP contribution in [0.2, 0.25) is 0 Å². The van der Waals surface area contributed by atoms with Crippen LogP contribution in [-0.2, 0) is 6.54 Å². The Morgan fingerprint density at radius 3 is 2.42 bits per heavy atom. The molecule has 0 radical (unpaired) electrons. The molecule has 1 N–H and O–H groups in total. The molecule has 2 aromatic rings. The Morgan fingerprint density at radius 2 is 1.73 bits per heavy atom. The minimum Gasteiger partial charge on any atom is -0.346 e. The van der Waals surface area contributed by atoms with E-state index < -0.39 is 0 Å². The Kier molecular flexibility index (Phi) is 6.10. The molecule has 1 unspecified atom stereocenters. The van der Waals surface area contributed by atoms with E-state index in [1.807, 2.05) is 19.1 Å². The monoisotopic (exact) mass is 350 g/mol. The van der Waals surface area contributed by atoms with Gasteiger partial charge < -0.3 is 5.32 Å². The molecule has 0 saturated carbocycles. The van der Waals surface area contributed by atoms with Crippen LogP contribution in [0.3, 0.4) is 0 Å². The number of carbonyl (C=O) groups is 1. The lowest BCUT2D eigenvalue weighted by molar-refractivity contribution is 0.0940. The summed E-state index contributed by atoms with van der Waals surface area (Å²) in [5, 5.41) is 3.13. The number of piperidine rings is 1. The summed E-state index contributed by atoms with van der Waals surface area (Å²) >= 11 is 0. The third kappa shape index (κ3) is 4.73. The third-order valence-corrected chi connectivity index (χ3v) is 5.32. The highest BCUT2D eigenvalue weighted by molar-refractivity contribution is 5.94. The average Bonchev–Trinajstić information content (AvgIpc) is 2.65. The van der Waals surface area contributed by atoms with Crippen molar-refractivity contribution in [3.05, 3.63) is 70.3 Å². The molecule has 3 nitrogen and oxygen atoms in total. The number of amides is 1. The Bertz CT molecular complexity index is 745. The average molecular weight is 351 g/mol. The van der Waals surface area contributed by atoms with Crippen molar-refractivity contribution in [2.75, 3.05) is 13.1 Å². The van der Waals surface area contributed by atoms with Gasteiger partial charge in [-0.3, -0.25) is 9.69 Å². The molecule has 1 heterocycles. The lowest BCUT2D eigenvalue weighted by Crippen LogP contribution is -2.29. The molecule has 1 amide bonds. The maximum Gasteiger partial charge on any atom is 0.251 e. The number of hydrogen-bond acceptors (Lipinski definition) is 2. The van der Waals surface area contributed by atoms with E-state index in [4.69, 9.17) is 0 Å². The van der Waals surface area contributed by atoms with E-state index in [2.05, 4.69) is 54.4 Å². The predicted molar refractivity (Wildman–Crippen MR) is 107 cm³/mol. The Hall–Kier alpha value is -2.13. The fraction of sp³-hybridized carbons (Fsp3) is 0.435. The highest BCUT2D eigenvalue weighted by Gasteiger charge is 2.14. The summed E-state index contributed by atoms with van der Waals surface area (Å²) in [7, 11) is 0. The molecule has 3 rings (SSSR count). The van der Waals surface area contributed by atoms with Gasteiger partial charge in [0, 0.05) is 12.1 Å². The lowest BCUT2D eigenvalue weighted by Gasteiger charge is -2.26. The zero-order chi connectivity index (χ0) is 18.5. The van der Waals surface area contributed by atoms with Crippen LogP contribution < -0.4 is 5.32 Å². The van der Waals surface area contributed by atoms with Gasteiger partial charge in [0.1, 0.15) is 0 Å². The molecule has 0 aliphatic carbocycles. The molecule has 1 fully saturated rings. The number of hydrogen-bond donors (Lipinski definition) is 1. The van der Waals surface area contributed by atoms with E-state index in [1.54, 1.807) is 0 Å². The van der Waals surface area contributed by atoms with Gasteiger partial charge in [-0.2, -0.15) is 0 Å². The van der Waals surface area contributed by atoms with E-state index >= 15 is 0 Å². The van der Waals surface area contributed by atoms with E-state index in [1.165, 1.54) is 54.6 Å². The van der Waals surface area contributed by atoms with Crippen LogP contribution in [0.4, 0.5) is 0 Å². The number of aryl methyl sites for hydroxylation is 2. The van der Waals surface area contributed by atoms with Gasteiger partial charge >= 0.3 is 0 Å². The molecule has 1 atom stereocenters. The normalized spacial score (nSPS) is 16.3. The number of nitrogens with one attached hydrogen (secondary N) is 1. The fourth-order valence-electron chi connectivity index (χ4n) is 3.72. The number of benzene rings is 2. The zero-order valence-electron chi connectivity index (χ0n) is 16.2. The van der Waals surface area contributed by atoms with Crippen molar-refractivity contribution in [1.29, 1.82) is 0 Å². The largest absolute Gasteiger partial charge is 0.346 e. The first-order chi connectivity index (χ1) is 12.5. The van der Waals surface area contributed by atoms with Gasteiger partial charge in [-0.25, -0.2) is 0 Å². The highest BCUT2D eigenvalue weighted by Crippen LogP contribution is 2.20. The zero-order valence-corrected chi connectivity index (χ0v) is 16.2. The lowest BCUT2D eigenvalue weighted by atomic mass is 9.99. The number of likely N-dealkylation sites (tertiary alicyclic amines) is 1. The van der Waals surface area contributed by atoms with Gasteiger partial charge in [0.25, 0.3) is 5.91 Å². The molecular weight excluding hydrogens is 320 g/mol. The first kappa shape index (κ1) is 18.7. The molecule has 1 saturated heterocycles. The Balaban J connectivity index is 1.61. The highest BCUT2D eigenvalue weighted by atomic mass is 16.1.